The molecule has 0 N–H and O–H groups in total. The first-order valence-corrected chi connectivity index (χ1v) is 11.9. The van der Waals surface area contributed by atoms with Crippen molar-refractivity contribution in [2.24, 2.45) is 0 Å². The number of fused-ring (bicyclic) bond motifs is 1. The number of thiazole rings is 1. The van der Waals surface area contributed by atoms with E-state index in [1.165, 1.54) is 28.4 Å². The maximum absolute atomic E-state index is 13.1. The van der Waals surface area contributed by atoms with Crippen molar-refractivity contribution >= 4 is 54.8 Å². The Kier molecular flexibility index (Phi) is 8.81. The van der Waals surface area contributed by atoms with Gasteiger partial charge in [0.15, 0.2) is 15.0 Å². The van der Waals surface area contributed by atoms with E-state index in [4.69, 9.17) is 4.74 Å². The van der Waals surface area contributed by atoms with E-state index in [2.05, 4.69) is 4.98 Å². The number of para-hydroxylation sites is 1. The van der Waals surface area contributed by atoms with Gasteiger partial charge in [0.25, 0.3) is 0 Å². The molecule has 0 aliphatic heterocycles. The van der Waals surface area contributed by atoms with Crippen molar-refractivity contribution in [3.8, 4) is 5.75 Å². The number of carbonyl (C=O) groups excluding carboxylic acids is 1. The molecule has 0 aliphatic carbocycles. The lowest BCUT2D eigenvalue weighted by molar-refractivity contribution is -0.116. The number of methoxy groups -OCH3 is 1. The van der Waals surface area contributed by atoms with Crippen LogP contribution in [0.1, 0.15) is 6.42 Å². The summed E-state index contributed by atoms with van der Waals surface area (Å²) in [5.74, 6) is -0.477. The molecule has 3 rings (SSSR count). The molecule has 31 heavy (non-hydrogen) atoms. The Labute approximate surface area is 193 Å². The summed E-state index contributed by atoms with van der Waals surface area (Å²) in [6.07, 6.45) is 0.692. The Morgan fingerprint density at radius 3 is 2.42 bits per heavy atom. The summed E-state index contributed by atoms with van der Waals surface area (Å²) < 4.78 is 31.7. The average molecular weight is 484 g/mol. The first kappa shape index (κ1) is 25.1. The Hall–Kier alpha value is -2.20. The van der Waals surface area contributed by atoms with Crippen LogP contribution >= 0.6 is 23.7 Å². The molecule has 7 nitrogen and oxygen atoms in total. The van der Waals surface area contributed by atoms with Crippen LogP contribution in [0.15, 0.2) is 53.4 Å². The van der Waals surface area contributed by atoms with Gasteiger partial charge in [-0.3, -0.25) is 9.69 Å². The van der Waals surface area contributed by atoms with Gasteiger partial charge >= 0.3 is 0 Å². The zero-order valence-corrected chi connectivity index (χ0v) is 20.1. The van der Waals surface area contributed by atoms with E-state index in [9.17, 15) is 13.2 Å². The number of aromatic nitrogens is 1. The van der Waals surface area contributed by atoms with Gasteiger partial charge in [-0.05, 0) is 51.3 Å². The van der Waals surface area contributed by atoms with E-state index >= 15 is 0 Å². The van der Waals surface area contributed by atoms with Gasteiger partial charge in [-0.15, -0.1) is 12.4 Å². The molecule has 0 aliphatic rings. The number of nitrogens with zero attached hydrogens (tertiary/aromatic N) is 3. The van der Waals surface area contributed by atoms with E-state index in [1.807, 2.05) is 37.2 Å². The number of halogens is 1. The van der Waals surface area contributed by atoms with Crippen molar-refractivity contribution in [1.82, 2.24) is 9.88 Å². The fourth-order valence-corrected chi connectivity index (χ4v) is 5.26. The Bertz CT molecular complexity index is 1120. The minimum Gasteiger partial charge on any atom is -0.494 e. The highest BCUT2D eigenvalue weighted by molar-refractivity contribution is 7.92. The van der Waals surface area contributed by atoms with Crippen molar-refractivity contribution < 1.29 is 17.9 Å². The van der Waals surface area contributed by atoms with Gasteiger partial charge in [-0.1, -0.05) is 35.6 Å². The molecule has 3 aromatic rings. The molecule has 0 spiro atoms. The molecule has 0 unspecified atom stereocenters. The van der Waals surface area contributed by atoms with Gasteiger partial charge in [-0.2, -0.15) is 0 Å². The number of carbonyl (C=O) groups is 1. The summed E-state index contributed by atoms with van der Waals surface area (Å²) in [4.78, 5) is 21.3. The highest BCUT2D eigenvalue weighted by Crippen LogP contribution is 2.34. The predicted octanol–water partition coefficient (Wildman–Crippen LogP) is 3.49. The van der Waals surface area contributed by atoms with Crippen molar-refractivity contribution in [2.75, 3.05) is 44.9 Å². The minimum absolute atomic E-state index is 0. The molecule has 0 fully saturated rings. The first-order chi connectivity index (χ1) is 14.3. The second kappa shape index (κ2) is 10.9. The first-order valence-electron chi connectivity index (χ1n) is 9.48. The zero-order valence-electron chi connectivity index (χ0n) is 17.6. The number of anilines is 1. The number of sulfone groups is 1. The van der Waals surface area contributed by atoms with E-state index in [-0.39, 0.29) is 17.3 Å². The quantitative estimate of drug-likeness (QED) is 0.463. The summed E-state index contributed by atoms with van der Waals surface area (Å²) in [5, 5.41) is 0.474. The lowest BCUT2D eigenvalue weighted by Gasteiger charge is -2.21. The number of hydrogen-bond donors (Lipinski definition) is 0. The van der Waals surface area contributed by atoms with Crippen LogP contribution in [0.4, 0.5) is 5.13 Å². The van der Waals surface area contributed by atoms with Gasteiger partial charge in [-0.25, -0.2) is 13.4 Å². The van der Waals surface area contributed by atoms with Crippen LogP contribution in [0.25, 0.3) is 10.2 Å². The standard InChI is InChI=1S/C21H25N3O4S2.ClH/c1-23(2)13-8-14-24(19(25)15-30(26,27)16-9-5-4-6-10-16)21-22-20-17(28-3)11-7-12-18(20)29-21;/h4-7,9-12H,8,13-15H2,1-3H3;1H. The van der Waals surface area contributed by atoms with Crippen LogP contribution < -0.4 is 9.64 Å². The zero-order chi connectivity index (χ0) is 21.7. The topological polar surface area (TPSA) is 79.8 Å². The van der Waals surface area contributed by atoms with Crippen LogP contribution in [0.5, 0.6) is 5.75 Å². The van der Waals surface area contributed by atoms with E-state index in [1.54, 1.807) is 25.3 Å². The molecule has 1 aromatic heterocycles. The molecule has 0 bridgehead atoms. The van der Waals surface area contributed by atoms with Gasteiger partial charge in [0.2, 0.25) is 5.91 Å². The molecule has 0 radical (unpaired) electrons. The molecule has 2 aromatic carbocycles. The highest BCUT2D eigenvalue weighted by Gasteiger charge is 2.26. The average Bonchev–Trinajstić information content (AvgIpc) is 3.15. The summed E-state index contributed by atoms with van der Waals surface area (Å²) in [6.45, 7) is 1.15. The summed E-state index contributed by atoms with van der Waals surface area (Å²) in [5.41, 5.74) is 0.663. The van der Waals surface area contributed by atoms with Crippen LogP contribution in [0.3, 0.4) is 0 Å². The third-order valence-corrected chi connectivity index (χ3v) is 7.19. The third-order valence-electron chi connectivity index (χ3n) is 4.53. The molecule has 168 valence electrons. The minimum atomic E-state index is -3.75. The Morgan fingerprint density at radius 2 is 1.77 bits per heavy atom. The normalized spacial score (nSPS) is 11.4. The number of ether oxygens (including phenoxy) is 1. The maximum atomic E-state index is 13.1. The molecule has 0 saturated carbocycles. The number of benzene rings is 2. The predicted molar refractivity (Wildman–Crippen MR) is 127 cm³/mol. The van der Waals surface area contributed by atoms with Crippen LogP contribution in [-0.4, -0.2) is 64.3 Å². The summed E-state index contributed by atoms with van der Waals surface area (Å²) >= 11 is 1.35. The van der Waals surface area contributed by atoms with Crippen molar-refractivity contribution in [2.45, 2.75) is 11.3 Å². The highest BCUT2D eigenvalue weighted by atomic mass is 35.5. The fourth-order valence-electron chi connectivity index (χ4n) is 3.02. The largest absolute Gasteiger partial charge is 0.494 e. The van der Waals surface area contributed by atoms with E-state index in [0.29, 0.717) is 29.4 Å². The Morgan fingerprint density at radius 1 is 1.06 bits per heavy atom. The lowest BCUT2D eigenvalue weighted by atomic mass is 10.3. The summed E-state index contributed by atoms with van der Waals surface area (Å²) in [6, 6.07) is 13.6. The maximum Gasteiger partial charge on any atom is 0.244 e. The van der Waals surface area contributed by atoms with Crippen molar-refractivity contribution in [1.29, 1.82) is 0 Å². The lowest BCUT2D eigenvalue weighted by Crippen LogP contribution is -2.37. The third kappa shape index (κ3) is 6.16. The second-order valence-electron chi connectivity index (χ2n) is 7.08. The van der Waals surface area contributed by atoms with Crippen LogP contribution in [0.2, 0.25) is 0 Å². The smallest absolute Gasteiger partial charge is 0.244 e. The van der Waals surface area contributed by atoms with Crippen molar-refractivity contribution in [3.05, 3.63) is 48.5 Å². The molecular formula is C21H26ClN3O4S2. The van der Waals surface area contributed by atoms with Crippen LogP contribution in [0, 0.1) is 0 Å². The van der Waals surface area contributed by atoms with E-state index in [0.717, 1.165) is 11.2 Å². The monoisotopic (exact) mass is 483 g/mol. The SMILES string of the molecule is COc1cccc2sc(N(CCCN(C)C)C(=O)CS(=O)(=O)c3ccccc3)nc12.Cl. The molecule has 10 heteroatoms. The van der Waals surface area contributed by atoms with Gasteiger partial charge in [0.1, 0.15) is 17.0 Å². The number of amides is 1. The molecule has 1 amide bonds. The molecule has 1 heterocycles. The Balaban J connectivity index is 0.00000341. The number of hydrogen-bond acceptors (Lipinski definition) is 7. The van der Waals surface area contributed by atoms with Gasteiger partial charge in [0, 0.05) is 6.54 Å². The van der Waals surface area contributed by atoms with Gasteiger partial charge < -0.3 is 9.64 Å². The summed E-state index contributed by atoms with van der Waals surface area (Å²) in [7, 11) is 1.73. The van der Waals surface area contributed by atoms with Gasteiger partial charge in [0.05, 0.1) is 16.7 Å². The van der Waals surface area contributed by atoms with Crippen molar-refractivity contribution in [3.63, 3.8) is 0 Å². The molecular weight excluding hydrogens is 458 g/mol. The second-order valence-corrected chi connectivity index (χ2v) is 10.1. The molecule has 0 atom stereocenters. The van der Waals surface area contributed by atoms with E-state index < -0.39 is 21.5 Å². The fraction of sp³-hybridized carbons (Fsp3) is 0.333. The molecule has 0 saturated heterocycles. The number of rotatable bonds is 9. The van der Waals surface area contributed by atoms with Crippen LogP contribution in [-0.2, 0) is 14.6 Å².